The fraction of sp³-hybridized carbons (Fsp3) is 1.00. The number of nitrogens with zero attached hydrogens (tertiary/aromatic N) is 1. The maximum atomic E-state index is 5.70. The Morgan fingerprint density at radius 1 is 1.16 bits per heavy atom. The zero-order valence-corrected chi connectivity index (χ0v) is 12.9. The van der Waals surface area contributed by atoms with Gasteiger partial charge in [-0.2, -0.15) is 0 Å². The third-order valence-electron chi connectivity index (χ3n) is 4.79. The highest BCUT2D eigenvalue weighted by molar-refractivity contribution is 5.00. The van der Waals surface area contributed by atoms with Crippen LogP contribution < -0.4 is 5.32 Å². The van der Waals surface area contributed by atoms with Crippen molar-refractivity contribution in [3.63, 3.8) is 0 Å². The van der Waals surface area contributed by atoms with Gasteiger partial charge < -0.3 is 10.1 Å². The minimum Gasteiger partial charge on any atom is -0.380 e. The number of rotatable bonds is 7. The van der Waals surface area contributed by atoms with Crippen molar-refractivity contribution in [3.05, 3.63) is 0 Å². The molecule has 0 aromatic heterocycles. The van der Waals surface area contributed by atoms with Crippen molar-refractivity contribution in [1.82, 2.24) is 10.2 Å². The summed E-state index contributed by atoms with van der Waals surface area (Å²) in [5.74, 6) is 0. The van der Waals surface area contributed by atoms with Gasteiger partial charge in [0.25, 0.3) is 0 Å². The van der Waals surface area contributed by atoms with E-state index < -0.39 is 0 Å². The van der Waals surface area contributed by atoms with Gasteiger partial charge >= 0.3 is 0 Å². The molecule has 1 saturated heterocycles. The van der Waals surface area contributed by atoms with E-state index in [1.165, 1.54) is 51.6 Å². The van der Waals surface area contributed by atoms with E-state index in [1.54, 1.807) is 0 Å². The van der Waals surface area contributed by atoms with Crippen LogP contribution in [0.15, 0.2) is 0 Å². The first kappa shape index (κ1) is 15.3. The molecule has 0 bridgehead atoms. The molecule has 0 radical (unpaired) electrons. The van der Waals surface area contributed by atoms with Crippen molar-refractivity contribution in [2.24, 2.45) is 0 Å². The van der Waals surface area contributed by atoms with Crippen LogP contribution >= 0.6 is 0 Å². The maximum Gasteiger partial charge on any atom is 0.0593 e. The second kappa shape index (κ2) is 7.61. The molecule has 3 heteroatoms. The molecule has 2 aliphatic rings. The summed E-state index contributed by atoms with van der Waals surface area (Å²) in [4.78, 5) is 2.71. The Kier molecular flexibility index (Phi) is 6.11. The van der Waals surface area contributed by atoms with Crippen LogP contribution in [0, 0.1) is 0 Å². The van der Waals surface area contributed by atoms with E-state index in [-0.39, 0.29) is 0 Å². The van der Waals surface area contributed by atoms with Crippen LogP contribution in [-0.4, -0.2) is 49.3 Å². The van der Waals surface area contributed by atoms with Gasteiger partial charge in [-0.3, -0.25) is 4.90 Å². The van der Waals surface area contributed by atoms with Crippen LogP contribution in [0.2, 0.25) is 0 Å². The lowest BCUT2D eigenvalue weighted by Crippen LogP contribution is -2.63. The lowest BCUT2D eigenvalue weighted by atomic mass is 9.91. The van der Waals surface area contributed by atoms with Crippen molar-refractivity contribution in [3.8, 4) is 0 Å². The minimum atomic E-state index is 0.439. The Bertz CT molecular complexity index is 251. The van der Waals surface area contributed by atoms with Gasteiger partial charge in [0.1, 0.15) is 0 Å². The van der Waals surface area contributed by atoms with Crippen molar-refractivity contribution in [2.75, 3.05) is 32.8 Å². The molecule has 0 aromatic carbocycles. The number of hydrogen-bond donors (Lipinski definition) is 1. The molecular weight excluding hydrogens is 236 g/mol. The topological polar surface area (TPSA) is 24.5 Å². The Morgan fingerprint density at radius 3 is 2.63 bits per heavy atom. The quantitative estimate of drug-likeness (QED) is 0.719. The number of piperazine rings is 1. The summed E-state index contributed by atoms with van der Waals surface area (Å²) in [6.45, 7) is 9.84. The Morgan fingerprint density at radius 2 is 1.95 bits per heavy atom. The zero-order chi connectivity index (χ0) is 13.6. The van der Waals surface area contributed by atoms with Crippen LogP contribution in [0.3, 0.4) is 0 Å². The summed E-state index contributed by atoms with van der Waals surface area (Å²) in [6, 6.07) is 0.724. The largest absolute Gasteiger partial charge is 0.380 e. The van der Waals surface area contributed by atoms with E-state index in [9.17, 15) is 0 Å². The summed E-state index contributed by atoms with van der Waals surface area (Å²) in [7, 11) is 0. The standard InChI is InChI=1S/C16H32N2O/c1-3-7-15-13-17-16(8-5-6-9-16)14-18(15)10-12-19-11-4-2/h15,17H,3-14H2,1-2H3. The van der Waals surface area contributed by atoms with E-state index in [2.05, 4.69) is 24.1 Å². The Hall–Kier alpha value is -0.120. The number of hydrogen-bond acceptors (Lipinski definition) is 3. The van der Waals surface area contributed by atoms with Gasteiger partial charge in [0.15, 0.2) is 0 Å². The van der Waals surface area contributed by atoms with Crippen LogP contribution in [0.5, 0.6) is 0 Å². The second-order valence-corrected chi connectivity index (χ2v) is 6.39. The molecule has 2 rings (SSSR count). The normalized spacial score (nSPS) is 27.2. The molecule has 1 aliphatic heterocycles. The predicted molar refractivity (Wildman–Crippen MR) is 80.6 cm³/mol. The fourth-order valence-corrected chi connectivity index (χ4v) is 3.73. The van der Waals surface area contributed by atoms with E-state index >= 15 is 0 Å². The van der Waals surface area contributed by atoms with Crippen molar-refractivity contribution in [1.29, 1.82) is 0 Å². The van der Waals surface area contributed by atoms with Crippen LogP contribution in [0.25, 0.3) is 0 Å². The van der Waals surface area contributed by atoms with Gasteiger partial charge in [0.2, 0.25) is 0 Å². The molecule has 1 N–H and O–H groups in total. The van der Waals surface area contributed by atoms with Crippen LogP contribution in [0.1, 0.15) is 58.8 Å². The van der Waals surface area contributed by atoms with Gasteiger partial charge in [-0.1, -0.05) is 33.1 Å². The molecule has 19 heavy (non-hydrogen) atoms. The third kappa shape index (κ3) is 4.17. The zero-order valence-electron chi connectivity index (χ0n) is 12.9. The highest BCUT2D eigenvalue weighted by Crippen LogP contribution is 2.33. The summed E-state index contributed by atoms with van der Waals surface area (Å²) in [6.07, 6.45) is 9.29. The van der Waals surface area contributed by atoms with Crippen LogP contribution in [-0.2, 0) is 4.74 Å². The fourth-order valence-electron chi connectivity index (χ4n) is 3.73. The lowest BCUT2D eigenvalue weighted by molar-refractivity contribution is 0.0386. The average Bonchev–Trinajstić information content (AvgIpc) is 2.86. The summed E-state index contributed by atoms with van der Waals surface area (Å²) >= 11 is 0. The van der Waals surface area contributed by atoms with Gasteiger partial charge in [0.05, 0.1) is 6.61 Å². The second-order valence-electron chi connectivity index (χ2n) is 6.39. The number of nitrogens with one attached hydrogen (secondary N) is 1. The van der Waals surface area contributed by atoms with E-state index in [1.807, 2.05) is 0 Å². The molecular formula is C16H32N2O. The van der Waals surface area contributed by atoms with Crippen molar-refractivity contribution in [2.45, 2.75) is 70.4 Å². The first-order chi connectivity index (χ1) is 9.29. The molecule has 2 fully saturated rings. The molecule has 1 heterocycles. The highest BCUT2D eigenvalue weighted by Gasteiger charge is 2.40. The summed E-state index contributed by atoms with van der Waals surface area (Å²) < 4.78 is 5.70. The van der Waals surface area contributed by atoms with E-state index in [0.717, 1.165) is 32.2 Å². The number of ether oxygens (including phenoxy) is 1. The van der Waals surface area contributed by atoms with Gasteiger partial charge in [-0.05, 0) is 25.7 Å². The van der Waals surface area contributed by atoms with E-state index in [4.69, 9.17) is 4.74 Å². The molecule has 1 saturated carbocycles. The third-order valence-corrected chi connectivity index (χ3v) is 4.79. The highest BCUT2D eigenvalue weighted by atomic mass is 16.5. The molecule has 1 aliphatic carbocycles. The molecule has 1 spiro atoms. The average molecular weight is 268 g/mol. The molecule has 3 nitrogen and oxygen atoms in total. The Balaban J connectivity index is 1.84. The monoisotopic (exact) mass is 268 g/mol. The van der Waals surface area contributed by atoms with Crippen molar-refractivity contribution >= 4 is 0 Å². The van der Waals surface area contributed by atoms with Gasteiger partial charge in [-0.15, -0.1) is 0 Å². The van der Waals surface area contributed by atoms with Crippen LogP contribution in [0.4, 0.5) is 0 Å². The smallest absolute Gasteiger partial charge is 0.0593 e. The summed E-state index contributed by atoms with van der Waals surface area (Å²) in [5.41, 5.74) is 0.439. The summed E-state index contributed by atoms with van der Waals surface area (Å²) in [5, 5.41) is 3.88. The first-order valence-electron chi connectivity index (χ1n) is 8.36. The SMILES string of the molecule is CCCOCCN1CC2(CCCC2)NCC1CCC. The molecule has 1 atom stereocenters. The van der Waals surface area contributed by atoms with Gasteiger partial charge in [0, 0.05) is 37.8 Å². The molecule has 0 aromatic rings. The first-order valence-corrected chi connectivity index (χ1v) is 8.36. The molecule has 0 amide bonds. The molecule has 112 valence electrons. The van der Waals surface area contributed by atoms with Crippen molar-refractivity contribution < 1.29 is 4.74 Å². The predicted octanol–water partition coefficient (Wildman–Crippen LogP) is 2.80. The Labute approximate surface area is 119 Å². The molecule has 1 unspecified atom stereocenters. The minimum absolute atomic E-state index is 0.439. The lowest BCUT2D eigenvalue weighted by Gasteiger charge is -2.46. The maximum absolute atomic E-state index is 5.70. The van der Waals surface area contributed by atoms with Gasteiger partial charge in [-0.25, -0.2) is 0 Å². The van der Waals surface area contributed by atoms with E-state index in [0.29, 0.717) is 5.54 Å².